The molecule has 6 rings (SSSR count). The number of nitrogens with one attached hydrogen (secondary N) is 1. The number of nitrogens with zero attached hydrogens (tertiary/aromatic N) is 4. The van der Waals surface area contributed by atoms with E-state index in [9.17, 15) is 15.3 Å². The minimum absolute atomic E-state index is 0.0556. The lowest BCUT2D eigenvalue weighted by Crippen LogP contribution is -2.55. The topological polar surface area (TPSA) is 118 Å². The van der Waals surface area contributed by atoms with E-state index in [0.29, 0.717) is 23.7 Å². The van der Waals surface area contributed by atoms with Crippen LogP contribution >= 0.6 is 0 Å². The van der Waals surface area contributed by atoms with Gasteiger partial charge in [-0.3, -0.25) is 9.69 Å². The average molecular weight is 479 g/mol. The summed E-state index contributed by atoms with van der Waals surface area (Å²) in [4.78, 5) is 18.2. The molecule has 4 aliphatic rings. The van der Waals surface area contributed by atoms with Gasteiger partial charge in [-0.1, -0.05) is 19.1 Å². The molecule has 2 aromatic carbocycles. The summed E-state index contributed by atoms with van der Waals surface area (Å²) in [5.41, 5.74) is 8.51. The van der Waals surface area contributed by atoms with Crippen LogP contribution in [-0.2, 0) is 10.2 Å². The Labute approximate surface area is 209 Å². The molecule has 1 amide bonds. The first-order valence-corrected chi connectivity index (χ1v) is 12.1. The van der Waals surface area contributed by atoms with Crippen molar-refractivity contribution in [3.8, 4) is 17.9 Å². The van der Waals surface area contributed by atoms with Gasteiger partial charge in [0.15, 0.2) is 5.41 Å². The third kappa shape index (κ3) is 2.39. The molecule has 0 unspecified atom stereocenters. The summed E-state index contributed by atoms with van der Waals surface area (Å²) in [5.74, 6) is 0.969. The summed E-state index contributed by atoms with van der Waals surface area (Å²) in [7, 11) is 0. The highest BCUT2D eigenvalue weighted by atomic mass is 16.5. The molecule has 0 saturated heterocycles. The molecule has 0 aliphatic carbocycles. The largest absolute Gasteiger partial charge is 0.494 e. The summed E-state index contributed by atoms with van der Waals surface area (Å²) in [6.07, 6.45) is 0.728. The van der Waals surface area contributed by atoms with Crippen LogP contribution in [-0.4, -0.2) is 18.1 Å². The maximum Gasteiger partial charge on any atom is 0.249 e. The van der Waals surface area contributed by atoms with Crippen molar-refractivity contribution in [2.45, 2.75) is 51.0 Å². The molecule has 0 radical (unpaired) electrons. The number of rotatable bonds is 2. The van der Waals surface area contributed by atoms with Gasteiger partial charge in [0.05, 0.1) is 34.8 Å². The lowest BCUT2D eigenvalue weighted by atomic mass is 9.67. The quantitative estimate of drug-likeness (QED) is 0.659. The van der Waals surface area contributed by atoms with Crippen LogP contribution in [0, 0.1) is 22.7 Å². The van der Waals surface area contributed by atoms with Gasteiger partial charge in [-0.05, 0) is 62.9 Å². The minimum atomic E-state index is -1.67. The fourth-order valence-electron chi connectivity index (χ4n) is 6.57. The molecule has 4 heterocycles. The second-order valence-electron chi connectivity index (χ2n) is 10.3. The van der Waals surface area contributed by atoms with Gasteiger partial charge in [0, 0.05) is 11.1 Å². The number of ether oxygens (including phenoxy) is 1. The third-order valence-electron chi connectivity index (χ3n) is 7.85. The number of anilines is 3. The van der Waals surface area contributed by atoms with Crippen molar-refractivity contribution < 1.29 is 9.53 Å². The number of hydrogen-bond donors (Lipinski definition) is 2. The average Bonchev–Trinajstić information content (AvgIpc) is 3.34. The number of para-hydroxylation sites is 2. The minimum Gasteiger partial charge on any atom is -0.494 e. The van der Waals surface area contributed by atoms with Crippen LogP contribution in [0.3, 0.4) is 0 Å². The zero-order valence-electron chi connectivity index (χ0n) is 20.6. The van der Waals surface area contributed by atoms with Crippen LogP contribution in [0.15, 0.2) is 59.2 Å². The Morgan fingerprint density at radius 2 is 1.92 bits per heavy atom. The second-order valence-corrected chi connectivity index (χ2v) is 10.3. The highest BCUT2D eigenvalue weighted by Crippen LogP contribution is 2.62. The number of nitriles is 2. The third-order valence-corrected chi connectivity index (χ3v) is 7.85. The lowest BCUT2D eigenvalue weighted by molar-refractivity contribution is -0.122. The zero-order chi connectivity index (χ0) is 25.6. The predicted octanol–water partition coefficient (Wildman–Crippen LogP) is 4.33. The summed E-state index contributed by atoms with van der Waals surface area (Å²) >= 11 is 0. The van der Waals surface area contributed by atoms with Crippen molar-refractivity contribution in [3.63, 3.8) is 0 Å². The van der Waals surface area contributed by atoms with Crippen LogP contribution in [0.1, 0.15) is 51.2 Å². The van der Waals surface area contributed by atoms with Crippen LogP contribution in [0.25, 0.3) is 0 Å². The number of carbonyl (C=O) groups excluding carboxylic acids is 1. The van der Waals surface area contributed by atoms with Crippen molar-refractivity contribution in [3.05, 3.63) is 70.3 Å². The molecule has 0 saturated carbocycles. The first-order valence-electron chi connectivity index (χ1n) is 12.1. The van der Waals surface area contributed by atoms with Crippen molar-refractivity contribution in [2.75, 3.05) is 21.7 Å². The number of nitrogens with two attached hydrogens (primary N) is 1. The van der Waals surface area contributed by atoms with E-state index in [4.69, 9.17) is 10.5 Å². The van der Waals surface area contributed by atoms with Crippen LogP contribution < -0.4 is 25.6 Å². The molecule has 0 fully saturated rings. The Morgan fingerprint density at radius 1 is 1.19 bits per heavy atom. The molecule has 4 aliphatic heterocycles. The molecule has 2 atom stereocenters. The van der Waals surface area contributed by atoms with Gasteiger partial charge in [0.25, 0.3) is 0 Å². The first-order chi connectivity index (χ1) is 17.2. The van der Waals surface area contributed by atoms with E-state index < -0.39 is 11.0 Å². The monoisotopic (exact) mass is 478 g/mol. The SMILES string of the molecule is CCOc1cc2c3c(c1)[C@@]1(C(=O)N3C(C)(C)C[C@@H]2C)C(C#N)=C(N)N2C(=C1C#N)Nc1ccccc12. The fraction of sp³-hybridized carbons (Fsp3) is 0.321. The van der Waals surface area contributed by atoms with Crippen LogP contribution in [0.5, 0.6) is 5.75 Å². The summed E-state index contributed by atoms with van der Waals surface area (Å²) in [5, 5.41) is 24.5. The Hall–Kier alpha value is -4.43. The molecule has 0 bridgehead atoms. The van der Waals surface area contributed by atoms with Gasteiger partial charge in [0.2, 0.25) is 5.91 Å². The molecule has 0 aromatic heterocycles. The Balaban J connectivity index is 1.76. The highest BCUT2D eigenvalue weighted by molar-refractivity contribution is 6.17. The van der Waals surface area contributed by atoms with Gasteiger partial charge in [0.1, 0.15) is 29.5 Å². The van der Waals surface area contributed by atoms with Crippen molar-refractivity contribution in [1.29, 1.82) is 10.5 Å². The van der Waals surface area contributed by atoms with E-state index in [2.05, 4.69) is 24.4 Å². The Morgan fingerprint density at radius 3 is 2.61 bits per heavy atom. The van der Waals surface area contributed by atoms with Gasteiger partial charge in [-0.15, -0.1) is 0 Å². The standard InChI is InChI=1S/C28H26N6O2/c1-5-36-16-10-17-15(2)12-27(3,4)34-23(17)18(11-16)28(26(34)35)19(13-29)24(31)33-22-9-7-6-8-21(22)32-25(33)20(28)14-30/h6-11,15,32H,5,12,31H2,1-4H3/t15-,28+/m0/s1. The number of benzene rings is 2. The van der Waals surface area contributed by atoms with Gasteiger partial charge in [-0.25, -0.2) is 0 Å². The summed E-state index contributed by atoms with van der Waals surface area (Å²) < 4.78 is 5.92. The molecule has 3 N–H and O–H groups in total. The number of hydrogen-bond acceptors (Lipinski definition) is 7. The fourth-order valence-corrected chi connectivity index (χ4v) is 6.57. The van der Waals surface area contributed by atoms with Crippen molar-refractivity contribution in [1.82, 2.24) is 0 Å². The van der Waals surface area contributed by atoms with Crippen LogP contribution in [0.4, 0.5) is 17.1 Å². The molecule has 8 heteroatoms. The Kier molecular flexibility index (Phi) is 4.32. The van der Waals surface area contributed by atoms with Gasteiger partial charge in [-0.2, -0.15) is 10.5 Å². The van der Waals surface area contributed by atoms with Crippen molar-refractivity contribution >= 4 is 23.0 Å². The molecule has 1 spiro atoms. The van der Waals surface area contributed by atoms with E-state index >= 15 is 0 Å². The second kappa shape index (κ2) is 7.05. The summed E-state index contributed by atoms with van der Waals surface area (Å²) in [6.45, 7) is 8.54. The van der Waals surface area contributed by atoms with Crippen molar-refractivity contribution in [2.24, 2.45) is 5.73 Å². The van der Waals surface area contributed by atoms with E-state index in [0.717, 1.165) is 29.0 Å². The van der Waals surface area contributed by atoms with E-state index in [-0.39, 0.29) is 28.8 Å². The van der Waals surface area contributed by atoms with Gasteiger partial charge >= 0.3 is 0 Å². The van der Waals surface area contributed by atoms with E-state index in [1.54, 1.807) is 9.80 Å². The predicted molar refractivity (Wildman–Crippen MR) is 136 cm³/mol. The maximum absolute atomic E-state index is 14.7. The van der Waals surface area contributed by atoms with Gasteiger partial charge < -0.3 is 20.7 Å². The zero-order valence-corrected chi connectivity index (χ0v) is 20.6. The number of carbonyl (C=O) groups is 1. The highest BCUT2D eigenvalue weighted by Gasteiger charge is 2.65. The lowest BCUT2D eigenvalue weighted by Gasteiger charge is -2.44. The normalized spacial score (nSPS) is 24.7. The van der Waals surface area contributed by atoms with E-state index in [1.807, 2.05) is 57.2 Å². The van der Waals surface area contributed by atoms with Crippen LogP contribution in [0.2, 0.25) is 0 Å². The molecular weight excluding hydrogens is 452 g/mol. The first kappa shape index (κ1) is 22.1. The molecular formula is C28H26N6O2. The molecule has 180 valence electrons. The number of fused-ring (bicyclic) bond motifs is 4. The molecule has 8 nitrogen and oxygen atoms in total. The summed E-state index contributed by atoms with van der Waals surface area (Å²) in [6, 6.07) is 15.9. The smallest absolute Gasteiger partial charge is 0.249 e. The molecule has 36 heavy (non-hydrogen) atoms. The maximum atomic E-state index is 14.7. The number of amides is 1. The molecule has 2 aromatic rings. The Bertz CT molecular complexity index is 1520. The van der Waals surface area contributed by atoms with E-state index in [1.165, 1.54) is 0 Å².